The first kappa shape index (κ1) is 14.7. The first-order valence-electron chi connectivity index (χ1n) is 6.29. The van der Waals surface area contributed by atoms with Crippen molar-refractivity contribution >= 4 is 5.84 Å². The average Bonchev–Trinajstić information content (AvgIpc) is 2.39. The van der Waals surface area contributed by atoms with Crippen LogP contribution >= 0.6 is 0 Å². The van der Waals surface area contributed by atoms with Crippen LogP contribution in [0.1, 0.15) is 24.9 Å². The summed E-state index contributed by atoms with van der Waals surface area (Å²) in [5.41, 5.74) is 6.78. The third-order valence-corrected chi connectivity index (χ3v) is 3.03. The van der Waals surface area contributed by atoms with E-state index in [1.807, 2.05) is 18.2 Å². The molecule has 0 fully saturated rings. The monoisotopic (exact) mass is 249 g/mol. The Labute approximate surface area is 109 Å². The van der Waals surface area contributed by atoms with Gasteiger partial charge in [-0.3, -0.25) is 10.3 Å². The van der Waals surface area contributed by atoms with Gasteiger partial charge in [0.25, 0.3) is 0 Å². The number of hydrogen-bond acceptors (Lipinski definition) is 3. The predicted molar refractivity (Wildman–Crippen MR) is 74.8 cm³/mol. The highest BCUT2D eigenvalue weighted by Gasteiger charge is 2.19. The van der Waals surface area contributed by atoms with Crippen molar-refractivity contribution in [3.8, 4) is 0 Å². The van der Waals surface area contributed by atoms with E-state index in [2.05, 4.69) is 24.0 Å². The van der Waals surface area contributed by atoms with Gasteiger partial charge < -0.3 is 10.5 Å². The van der Waals surface area contributed by atoms with Gasteiger partial charge in [0.1, 0.15) is 0 Å². The molecule has 0 aliphatic carbocycles. The minimum Gasteiger partial charge on any atom is -0.388 e. The average molecular weight is 249 g/mol. The lowest BCUT2D eigenvalue weighted by atomic mass is 10.0. The van der Waals surface area contributed by atoms with Gasteiger partial charge in [0.15, 0.2) is 0 Å². The zero-order chi connectivity index (χ0) is 13.4. The summed E-state index contributed by atoms with van der Waals surface area (Å²) in [5, 5.41) is 7.54. The molecule has 0 aliphatic heterocycles. The maximum absolute atomic E-state index is 7.54. The molecular formula is C14H23N3O. The summed E-state index contributed by atoms with van der Waals surface area (Å²) in [6.45, 7) is 4.57. The van der Waals surface area contributed by atoms with E-state index in [1.54, 1.807) is 7.11 Å². The molecular weight excluding hydrogens is 226 g/mol. The van der Waals surface area contributed by atoms with Crippen LogP contribution in [0.2, 0.25) is 0 Å². The molecule has 4 heteroatoms. The van der Waals surface area contributed by atoms with Crippen molar-refractivity contribution in [2.24, 2.45) is 5.73 Å². The van der Waals surface area contributed by atoms with Crippen LogP contribution in [0.15, 0.2) is 30.3 Å². The third-order valence-electron chi connectivity index (χ3n) is 3.03. The molecule has 0 amide bonds. The molecule has 0 aromatic heterocycles. The number of nitrogens with one attached hydrogen (secondary N) is 1. The van der Waals surface area contributed by atoms with E-state index in [0.29, 0.717) is 13.0 Å². The minimum absolute atomic E-state index is 0.156. The van der Waals surface area contributed by atoms with Gasteiger partial charge in [-0.2, -0.15) is 0 Å². The molecule has 3 N–H and O–H groups in total. The van der Waals surface area contributed by atoms with Crippen molar-refractivity contribution in [1.82, 2.24) is 4.90 Å². The summed E-state index contributed by atoms with van der Waals surface area (Å²) >= 11 is 0. The van der Waals surface area contributed by atoms with Crippen LogP contribution in [0.4, 0.5) is 0 Å². The molecule has 0 spiro atoms. The SMILES string of the molecule is CCN(CCOC)C(CC(=N)N)c1ccccc1. The molecule has 4 nitrogen and oxygen atoms in total. The fraction of sp³-hybridized carbons (Fsp3) is 0.500. The minimum atomic E-state index is 0.156. The Hall–Kier alpha value is -1.39. The zero-order valence-electron chi connectivity index (χ0n) is 11.2. The van der Waals surface area contributed by atoms with Crippen LogP contribution in [0.5, 0.6) is 0 Å². The van der Waals surface area contributed by atoms with Crippen molar-refractivity contribution in [3.05, 3.63) is 35.9 Å². The second-order valence-corrected chi connectivity index (χ2v) is 4.28. The number of hydrogen-bond donors (Lipinski definition) is 2. The molecule has 1 unspecified atom stereocenters. The lowest BCUT2D eigenvalue weighted by molar-refractivity contribution is 0.125. The second kappa shape index (κ2) is 7.84. The molecule has 0 saturated heterocycles. The second-order valence-electron chi connectivity index (χ2n) is 4.28. The van der Waals surface area contributed by atoms with Gasteiger partial charge in [-0.05, 0) is 12.1 Å². The number of nitrogens with zero attached hydrogens (tertiary/aromatic N) is 1. The summed E-state index contributed by atoms with van der Waals surface area (Å²) < 4.78 is 5.14. The highest BCUT2D eigenvalue weighted by Crippen LogP contribution is 2.23. The van der Waals surface area contributed by atoms with Gasteiger partial charge >= 0.3 is 0 Å². The predicted octanol–water partition coefficient (Wildman–Crippen LogP) is 2.02. The number of benzene rings is 1. The largest absolute Gasteiger partial charge is 0.388 e. The molecule has 0 aliphatic rings. The number of ether oxygens (including phenoxy) is 1. The van der Waals surface area contributed by atoms with Crippen LogP contribution in [0.25, 0.3) is 0 Å². The van der Waals surface area contributed by atoms with Crippen LogP contribution in [-0.2, 0) is 4.74 Å². The highest BCUT2D eigenvalue weighted by molar-refractivity contribution is 5.77. The van der Waals surface area contributed by atoms with Crippen LogP contribution in [0, 0.1) is 5.41 Å². The molecule has 0 heterocycles. The summed E-state index contributed by atoms with van der Waals surface area (Å²) in [5.74, 6) is 0.222. The van der Waals surface area contributed by atoms with Crippen molar-refractivity contribution in [1.29, 1.82) is 5.41 Å². The molecule has 1 aromatic rings. The maximum Gasteiger partial charge on any atom is 0.0924 e. The Morgan fingerprint density at radius 2 is 2.06 bits per heavy atom. The number of methoxy groups -OCH3 is 1. The van der Waals surface area contributed by atoms with Crippen molar-refractivity contribution in [2.75, 3.05) is 26.8 Å². The van der Waals surface area contributed by atoms with Gasteiger partial charge in [-0.1, -0.05) is 37.3 Å². The topological polar surface area (TPSA) is 62.3 Å². The smallest absolute Gasteiger partial charge is 0.0924 e. The van der Waals surface area contributed by atoms with Gasteiger partial charge in [-0.15, -0.1) is 0 Å². The third kappa shape index (κ3) is 4.47. The van der Waals surface area contributed by atoms with E-state index in [4.69, 9.17) is 15.9 Å². The van der Waals surface area contributed by atoms with Crippen LogP contribution < -0.4 is 5.73 Å². The van der Waals surface area contributed by atoms with Gasteiger partial charge in [0.2, 0.25) is 0 Å². The molecule has 100 valence electrons. The van der Waals surface area contributed by atoms with Crippen molar-refractivity contribution < 1.29 is 4.74 Å². The van der Waals surface area contributed by atoms with Crippen LogP contribution in [0.3, 0.4) is 0 Å². The Bertz CT molecular complexity index is 353. The Morgan fingerprint density at radius 1 is 1.39 bits per heavy atom. The Kier molecular flexibility index (Phi) is 6.39. The van der Waals surface area contributed by atoms with Gasteiger partial charge in [0.05, 0.1) is 12.4 Å². The molecule has 1 aromatic carbocycles. The highest BCUT2D eigenvalue weighted by atomic mass is 16.5. The van der Waals surface area contributed by atoms with Crippen molar-refractivity contribution in [3.63, 3.8) is 0 Å². The van der Waals surface area contributed by atoms with Gasteiger partial charge in [-0.25, -0.2) is 0 Å². The summed E-state index contributed by atoms with van der Waals surface area (Å²) in [6.07, 6.45) is 0.557. The molecule has 0 radical (unpaired) electrons. The standard InChI is InChI=1S/C14H23N3O/c1-3-17(9-10-18-2)13(11-14(15)16)12-7-5-4-6-8-12/h4-8,13H,3,9-11H2,1-2H3,(H3,15,16). The van der Waals surface area contributed by atoms with E-state index < -0.39 is 0 Å². The van der Waals surface area contributed by atoms with E-state index in [-0.39, 0.29) is 11.9 Å². The quantitative estimate of drug-likeness (QED) is 0.547. The summed E-state index contributed by atoms with van der Waals surface area (Å²) in [7, 11) is 1.70. The van der Waals surface area contributed by atoms with Gasteiger partial charge in [0, 0.05) is 26.1 Å². The van der Waals surface area contributed by atoms with Crippen molar-refractivity contribution in [2.45, 2.75) is 19.4 Å². The normalized spacial score (nSPS) is 12.6. The molecule has 0 saturated carbocycles. The Balaban J connectivity index is 2.85. The number of likely N-dealkylation sites (N-methyl/N-ethyl adjacent to an activating group) is 1. The fourth-order valence-corrected chi connectivity index (χ4v) is 2.08. The molecule has 0 bridgehead atoms. The van der Waals surface area contributed by atoms with E-state index in [0.717, 1.165) is 13.1 Å². The van der Waals surface area contributed by atoms with E-state index in [9.17, 15) is 0 Å². The van der Waals surface area contributed by atoms with E-state index in [1.165, 1.54) is 5.56 Å². The zero-order valence-corrected chi connectivity index (χ0v) is 11.2. The summed E-state index contributed by atoms with van der Waals surface area (Å²) in [6, 6.07) is 10.4. The lowest BCUT2D eigenvalue weighted by Crippen LogP contribution is -2.34. The number of nitrogens with two attached hydrogens (primary N) is 1. The Morgan fingerprint density at radius 3 is 2.56 bits per heavy atom. The first-order chi connectivity index (χ1) is 8.69. The van der Waals surface area contributed by atoms with E-state index >= 15 is 0 Å². The number of amidine groups is 1. The van der Waals surface area contributed by atoms with Crippen LogP contribution in [-0.4, -0.2) is 37.5 Å². The number of rotatable bonds is 8. The lowest BCUT2D eigenvalue weighted by Gasteiger charge is -2.30. The fourth-order valence-electron chi connectivity index (χ4n) is 2.08. The molecule has 1 atom stereocenters. The molecule has 1 rings (SSSR count). The first-order valence-corrected chi connectivity index (χ1v) is 6.29. The summed E-state index contributed by atoms with van der Waals surface area (Å²) in [4.78, 5) is 2.29. The maximum atomic E-state index is 7.54. The molecule has 18 heavy (non-hydrogen) atoms.